The number of likely N-dealkylation sites (tertiary alicyclic amines) is 1. The van der Waals surface area contributed by atoms with Crippen molar-refractivity contribution < 1.29 is 43.0 Å². The molecule has 2 aliphatic heterocycles. The van der Waals surface area contributed by atoms with Crippen molar-refractivity contribution in [1.29, 1.82) is 0 Å². The Labute approximate surface area is 400 Å². The molecule has 8 atom stereocenters. The number of hydrogen-bond acceptors (Lipinski definition) is 11. The number of carbonyl (C=O) groups is 7. The van der Waals surface area contributed by atoms with Crippen LogP contribution < -0.4 is 10.6 Å². The number of imide groups is 1. The van der Waals surface area contributed by atoms with Crippen LogP contribution in [0.25, 0.3) is 0 Å². The topological polar surface area (TPSA) is 197 Å². The van der Waals surface area contributed by atoms with Crippen molar-refractivity contribution in [2.75, 3.05) is 34.4 Å². The summed E-state index contributed by atoms with van der Waals surface area (Å²) in [5.41, 5.74) is -0.283. The molecule has 0 saturated carbocycles. The van der Waals surface area contributed by atoms with Crippen molar-refractivity contribution in [3.05, 3.63) is 64.6 Å². The molecular formula is C50H73N7O9S. The number of aromatic nitrogens is 1. The SMILES string of the molecule is CC[C@H](C)[C@@H]([C@@H](CC(=O)N1CCC[C@H]1[C@H](OC)[C@@H](C)C(=O)N[C@@H](Cc1ccccc1)c1nccs1)OC)N(C)C(=O)C(C=NC(=O)C(C)(C)NC(=O)CCCCCN1C(=O)C=CC1=O)C(C)C. The second-order valence-electron chi connectivity index (χ2n) is 18.7. The van der Waals surface area contributed by atoms with E-state index in [-0.39, 0.29) is 78.7 Å². The highest BCUT2D eigenvalue weighted by Gasteiger charge is 2.43. The number of methoxy groups -OCH3 is 2. The predicted molar refractivity (Wildman–Crippen MR) is 258 cm³/mol. The quantitative estimate of drug-likeness (QED) is 0.0670. The van der Waals surface area contributed by atoms with Crippen LogP contribution in [0.2, 0.25) is 0 Å². The van der Waals surface area contributed by atoms with Crippen LogP contribution in [-0.4, -0.2) is 131 Å². The number of unbranched alkanes of at least 4 members (excludes halogenated alkanes) is 2. The van der Waals surface area contributed by atoms with Gasteiger partial charge in [0.05, 0.1) is 48.6 Å². The Kier molecular flexibility index (Phi) is 21.0. The van der Waals surface area contributed by atoms with Crippen LogP contribution in [0, 0.1) is 23.7 Å². The maximum absolute atomic E-state index is 14.4. The van der Waals surface area contributed by atoms with Gasteiger partial charge in [-0.25, -0.2) is 9.98 Å². The smallest absolute Gasteiger partial charge is 0.270 e. The minimum atomic E-state index is -1.35. The van der Waals surface area contributed by atoms with Crippen LogP contribution in [0.4, 0.5) is 0 Å². The first-order valence-electron chi connectivity index (χ1n) is 23.6. The minimum Gasteiger partial charge on any atom is -0.379 e. The molecule has 67 heavy (non-hydrogen) atoms. The van der Waals surface area contributed by atoms with Gasteiger partial charge in [-0.2, -0.15) is 0 Å². The molecule has 1 fully saturated rings. The fourth-order valence-corrected chi connectivity index (χ4v) is 9.67. The second kappa shape index (κ2) is 25.9. The second-order valence-corrected chi connectivity index (χ2v) is 19.6. The highest BCUT2D eigenvalue weighted by molar-refractivity contribution is 7.09. The van der Waals surface area contributed by atoms with Crippen LogP contribution in [0.5, 0.6) is 0 Å². The monoisotopic (exact) mass is 948 g/mol. The Balaban J connectivity index is 1.39. The molecule has 1 aromatic carbocycles. The fraction of sp³-hybridized carbons (Fsp3) is 0.620. The lowest BCUT2D eigenvalue weighted by molar-refractivity contribution is -0.147. The summed E-state index contributed by atoms with van der Waals surface area (Å²) in [6, 6.07) is 8.73. The number of rotatable bonds is 26. The first kappa shape index (κ1) is 54.5. The van der Waals surface area contributed by atoms with Crippen molar-refractivity contribution >= 4 is 58.9 Å². The third kappa shape index (κ3) is 14.9. The van der Waals surface area contributed by atoms with Gasteiger partial charge >= 0.3 is 0 Å². The molecule has 1 unspecified atom stereocenters. The van der Waals surface area contributed by atoms with Gasteiger partial charge in [-0.1, -0.05) is 77.8 Å². The third-order valence-electron chi connectivity index (χ3n) is 13.1. The molecule has 1 aromatic heterocycles. The first-order valence-corrected chi connectivity index (χ1v) is 24.5. The van der Waals surface area contributed by atoms with E-state index in [1.54, 1.807) is 51.1 Å². The third-order valence-corrected chi connectivity index (χ3v) is 14.0. The molecule has 17 heteroatoms. The molecule has 3 heterocycles. The standard InChI is InChI=1S/C50H73N7O9S/c1-11-33(4)44(55(8)48(63)36(32(2)3)31-52-49(64)50(6,7)54-40(58)22-16-13-17-26-57-41(59)23-24-42(57)60)39(65-9)30-43(61)56-27-18-21-38(56)45(66-10)34(5)46(62)53-37(47-51-25-28-67-47)29-35-19-14-12-15-20-35/h12,14-15,19-20,23-25,28,31-34,36-39,44-45H,11,13,16-18,21-22,26-27,29-30H2,1-10H3,(H,53,62)(H,54,58)/t33-,34+,36?,37-,38-,39+,44-,45+/m0/s1. The number of nitrogens with zero attached hydrogens (tertiary/aromatic N) is 5. The Morgan fingerprint density at radius 1 is 1.00 bits per heavy atom. The average molecular weight is 948 g/mol. The zero-order chi connectivity index (χ0) is 49.4. The lowest BCUT2D eigenvalue weighted by atomic mass is 9.88. The summed E-state index contributed by atoms with van der Waals surface area (Å²) in [4.78, 5) is 106. The van der Waals surface area contributed by atoms with Crippen molar-refractivity contribution in [3.63, 3.8) is 0 Å². The van der Waals surface area contributed by atoms with Crippen molar-refractivity contribution in [2.45, 2.75) is 142 Å². The van der Waals surface area contributed by atoms with E-state index in [0.717, 1.165) is 21.9 Å². The zero-order valence-corrected chi connectivity index (χ0v) is 41.9. The zero-order valence-electron chi connectivity index (χ0n) is 41.1. The molecule has 16 nitrogen and oxygen atoms in total. The van der Waals surface area contributed by atoms with Gasteiger partial charge in [0, 0.05) is 70.7 Å². The van der Waals surface area contributed by atoms with Gasteiger partial charge in [-0.3, -0.25) is 38.5 Å². The highest BCUT2D eigenvalue weighted by atomic mass is 32.1. The first-order chi connectivity index (χ1) is 31.8. The van der Waals surface area contributed by atoms with E-state index in [2.05, 4.69) is 20.6 Å². The van der Waals surface area contributed by atoms with E-state index in [1.165, 1.54) is 29.7 Å². The Bertz CT molecular complexity index is 2020. The summed E-state index contributed by atoms with van der Waals surface area (Å²) < 4.78 is 12.1. The van der Waals surface area contributed by atoms with Gasteiger partial charge in [0.1, 0.15) is 10.5 Å². The average Bonchev–Trinajstić information content (AvgIpc) is 4.09. The lowest BCUT2D eigenvalue weighted by Crippen LogP contribution is -2.54. The molecule has 1 saturated heterocycles. The van der Waals surface area contributed by atoms with Gasteiger partial charge in [0.2, 0.25) is 23.6 Å². The largest absolute Gasteiger partial charge is 0.379 e. The number of ether oxygens (including phenoxy) is 2. The van der Waals surface area contributed by atoms with Crippen LogP contribution in [0.1, 0.15) is 116 Å². The van der Waals surface area contributed by atoms with Gasteiger partial charge in [-0.15, -0.1) is 11.3 Å². The number of thiazole rings is 1. The van der Waals surface area contributed by atoms with Gasteiger partial charge in [-0.05, 0) is 63.4 Å². The van der Waals surface area contributed by atoms with E-state index in [1.807, 2.05) is 70.3 Å². The van der Waals surface area contributed by atoms with Gasteiger partial charge in [0.15, 0.2) is 0 Å². The molecule has 0 bridgehead atoms. The van der Waals surface area contributed by atoms with E-state index >= 15 is 0 Å². The molecule has 0 spiro atoms. The van der Waals surface area contributed by atoms with Crippen molar-refractivity contribution in [3.8, 4) is 0 Å². The maximum Gasteiger partial charge on any atom is 0.270 e. The number of amides is 7. The van der Waals surface area contributed by atoms with E-state index in [4.69, 9.17) is 9.47 Å². The van der Waals surface area contributed by atoms with Crippen molar-refractivity contribution in [2.24, 2.45) is 28.7 Å². The van der Waals surface area contributed by atoms with E-state index < -0.39 is 41.5 Å². The molecule has 2 aromatic rings. The van der Waals surface area contributed by atoms with Crippen LogP contribution >= 0.6 is 11.3 Å². The molecule has 0 radical (unpaired) electrons. The Hall–Kier alpha value is -5.13. The molecule has 7 amide bonds. The van der Waals surface area contributed by atoms with Crippen LogP contribution in [-0.2, 0) is 49.5 Å². The minimum absolute atomic E-state index is 0.0120. The van der Waals surface area contributed by atoms with Crippen LogP contribution in [0.15, 0.2) is 59.1 Å². The van der Waals surface area contributed by atoms with E-state index in [9.17, 15) is 33.6 Å². The Morgan fingerprint density at radius 3 is 2.28 bits per heavy atom. The predicted octanol–water partition coefficient (Wildman–Crippen LogP) is 5.71. The molecule has 4 rings (SSSR count). The van der Waals surface area contributed by atoms with Crippen LogP contribution in [0.3, 0.4) is 0 Å². The summed E-state index contributed by atoms with van der Waals surface area (Å²) >= 11 is 1.49. The normalized spacial score (nSPS) is 18.5. The summed E-state index contributed by atoms with van der Waals surface area (Å²) in [7, 11) is 4.81. The summed E-state index contributed by atoms with van der Waals surface area (Å²) in [6.45, 7) is 13.5. The lowest BCUT2D eigenvalue weighted by Gasteiger charge is -2.40. The number of carbonyl (C=O) groups excluding carboxylic acids is 7. The highest BCUT2D eigenvalue weighted by Crippen LogP contribution is 2.31. The number of aliphatic imine (C=N–C) groups is 1. The summed E-state index contributed by atoms with van der Waals surface area (Å²) in [5.74, 6) is -4.01. The summed E-state index contributed by atoms with van der Waals surface area (Å²) in [6.07, 6.45) is 8.76. The number of benzene rings is 1. The molecular weight excluding hydrogens is 875 g/mol. The number of hydrogen-bond donors (Lipinski definition) is 2. The van der Waals surface area contributed by atoms with Gasteiger partial charge in [0.25, 0.3) is 17.7 Å². The summed E-state index contributed by atoms with van der Waals surface area (Å²) in [5, 5.41) is 8.66. The molecule has 2 aliphatic rings. The maximum atomic E-state index is 14.4. The molecule has 368 valence electrons. The molecule has 0 aliphatic carbocycles. The molecule has 2 N–H and O–H groups in total. The number of nitrogens with one attached hydrogen (secondary N) is 2. The number of likely N-dealkylation sites (N-methyl/N-ethyl adjacent to an activating group) is 1. The Morgan fingerprint density at radius 2 is 1.69 bits per heavy atom. The van der Waals surface area contributed by atoms with Gasteiger partial charge < -0.3 is 29.9 Å². The van der Waals surface area contributed by atoms with Crippen molar-refractivity contribution in [1.82, 2.24) is 30.3 Å². The van der Waals surface area contributed by atoms with E-state index in [0.29, 0.717) is 45.1 Å². The fourth-order valence-electron chi connectivity index (χ4n) is 8.98.